The normalized spacial score (nSPS) is 19.3. The summed E-state index contributed by atoms with van der Waals surface area (Å²) in [7, 11) is 0. The van der Waals surface area contributed by atoms with Crippen LogP contribution in [0.1, 0.15) is 51.5 Å². The molecule has 41 heavy (non-hydrogen) atoms. The van der Waals surface area contributed by atoms with E-state index in [1.54, 1.807) is 30.3 Å². The number of Topliss-reactive ketones (excluding diaryl/α,β-unsaturated/α-hetero) is 1. The summed E-state index contributed by atoms with van der Waals surface area (Å²) < 4.78 is 50.9. The van der Waals surface area contributed by atoms with E-state index < -0.39 is 35.7 Å². The van der Waals surface area contributed by atoms with Crippen molar-refractivity contribution in [1.82, 2.24) is 9.88 Å². The molecule has 0 bridgehead atoms. The lowest BCUT2D eigenvalue weighted by atomic mass is 9.93. The van der Waals surface area contributed by atoms with E-state index in [1.807, 2.05) is 0 Å². The number of likely N-dealkylation sites (tertiary alicyclic amines) is 1. The van der Waals surface area contributed by atoms with Gasteiger partial charge in [-0.1, -0.05) is 36.4 Å². The van der Waals surface area contributed by atoms with Crippen LogP contribution in [0, 0.1) is 0 Å². The Morgan fingerprint density at radius 3 is 2.63 bits per heavy atom. The standard InChI is InChI=1S/C29H23F3N4O5/c30-29(31,32)17-8-9-18-24(11-17)41-23-7-4-10-36(25(18)23)28(39)27(38)35-21-12-33-26(20-15-40-14-19(20)21)34-13-22(37)16-5-2-1-3-6-16/h1-3,5-6,8-9,11-13,23,25H,4,7,10,14-15H2,(H,35,38)/t23-,25-/m0/s1. The third-order valence-electron chi connectivity index (χ3n) is 7.35. The number of alkyl halides is 3. The molecular formula is C29H23F3N4O5. The highest BCUT2D eigenvalue weighted by Gasteiger charge is 2.45. The fourth-order valence-electron chi connectivity index (χ4n) is 5.37. The van der Waals surface area contributed by atoms with Crippen LogP contribution in [-0.2, 0) is 33.7 Å². The van der Waals surface area contributed by atoms with Crippen molar-refractivity contribution in [2.24, 2.45) is 4.99 Å². The molecule has 3 aliphatic rings. The number of rotatable bonds is 4. The lowest BCUT2D eigenvalue weighted by molar-refractivity contribution is -0.147. The molecule has 2 aromatic carbocycles. The number of aliphatic imine (C=N–C) groups is 1. The summed E-state index contributed by atoms with van der Waals surface area (Å²) in [5.74, 6) is -1.72. The summed E-state index contributed by atoms with van der Waals surface area (Å²) in [6.45, 7) is 0.559. The van der Waals surface area contributed by atoms with Gasteiger partial charge in [0, 0.05) is 28.8 Å². The summed E-state index contributed by atoms with van der Waals surface area (Å²) in [6.07, 6.45) is -1.49. The number of piperidine rings is 1. The van der Waals surface area contributed by atoms with Crippen LogP contribution in [0.15, 0.2) is 59.7 Å². The Kier molecular flexibility index (Phi) is 6.78. The molecule has 0 spiro atoms. The van der Waals surface area contributed by atoms with Crippen molar-refractivity contribution in [3.05, 3.63) is 82.5 Å². The van der Waals surface area contributed by atoms with Crippen LogP contribution < -0.4 is 10.1 Å². The number of halogens is 3. The summed E-state index contributed by atoms with van der Waals surface area (Å²) in [5.41, 5.74) is 1.52. The monoisotopic (exact) mass is 564 g/mol. The van der Waals surface area contributed by atoms with Crippen molar-refractivity contribution in [2.75, 3.05) is 11.9 Å². The fraction of sp³-hybridized carbons (Fsp3) is 0.276. The van der Waals surface area contributed by atoms with E-state index in [9.17, 15) is 27.6 Å². The van der Waals surface area contributed by atoms with Crippen LogP contribution in [0.2, 0.25) is 0 Å². The average molecular weight is 565 g/mol. The van der Waals surface area contributed by atoms with Gasteiger partial charge in [-0.25, -0.2) is 9.98 Å². The molecule has 2 atom stereocenters. The quantitative estimate of drug-likeness (QED) is 0.278. The second-order valence-electron chi connectivity index (χ2n) is 9.88. The number of hydrogen-bond acceptors (Lipinski definition) is 7. The van der Waals surface area contributed by atoms with Crippen molar-refractivity contribution < 1.29 is 37.0 Å². The van der Waals surface area contributed by atoms with E-state index in [1.165, 1.54) is 23.4 Å². The van der Waals surface area contributed by atoms with Crippen LogP contribution in [-0.4, -0.2) is 46.3 Å². The Morgan fingerprint density at radius 1 is 1.07 bits per heavy atom. The number of hydrogen-bond donors (Lipinski definition) is 1. The largest absolute Gasteiger partial charge is 0.488 e. The molecule has 9 nitrogen and oxygen atoms in total. The number of ketones is 1. The minimum atomic E-state index is -4.53. The lowest BCUT2D eigenvalue weighted by Crippen LogP contribution is -2.48. The smallest absolute Gasteiger partial charge is 0.416 e. The molecule has 3 aliphatic heterocycles. The van der Waals surface area contributed by atoms with Gasteiger partial charge in [-0.2, -0.15) is 13.2 Å². The highest BCUT2D eigenvalue weighted by atomic mass is 19.4. The van der Waals surface area contributed by atoms with Gasteiger partial charge < -0.3 is 19.7 Å². The predicted octanol–water partition coefficient (Wildman–Crippen LogP) is 4.78. The molecular weight excluding hydrogens is 541 g/mol. The molecule has 6 rings (SSSR count). The predicted molar refractivity (Wildman–Crippen MR) is 140 cm³/mol. The Morgan fingerprint density at radius 2 is 1.85 bits per heavy atom. The number of ether oxygens (including phenoxy) is 2. The Bertz CT molecular complexity index is 1570. The number of carbonyl (C=O) groups excluding carboxylic acids is 3. The first-order valence-electron chi connectivity index (χ1n) is 12.9. The SMILES string of the molecule is O=C(Nc1cnc(N=CC(=O)c2ccccc2)c2c1COC2)C(=O)N1CCC[C@@H]2Oc3cc(C(F)(F)F)ccc3[C@@H]21. The van der Waals surface area contributed by atoms with E-state index in [-0.39, 0.29) is 42.8 Å². The second-order valence-corrected chi connectivity index (χ2v) is 9.88. The minimum absolute atomic E-state index is 0.0657. The molecule has 2 amide bonds. The van der Waals surface area contributed by atoms with Crippen LogP contribution in [0.4, 0.5) is 24.7 Å². The van der Waals surface area contributed by atoms with Crippen LogP contribution >= 0.6 is 0 Å². The molecule has 1 aromatic heterocycles. The zero-order chi connectivity index (χ0) is 28.7. The van der Waals surface area contributed by atoms with E-state index in [0.29, 0.717) is 35.1 Å². The van der Waals surface area contributed by atoms with Crippen LogP contribution in [0.5, 0.6) is 5.75 Å². The first-order chi connectivity index (χ1) is 19.7. The molecule has 3 aromatic rings. The molecule has 1 fully saturated rings. The Hall–Kier alpha value is -4.58. The number of nitrogens with one attached hydrogen (secondary N) is 1. The number of fused-ring (bicyclic) bond motifs is 4. The number of amides is 2. The summed E-state index contributed by atoms with van der Waals surface area (Å²) in [4.78, 5) is 48.7. The van der Waals surface area contributed by atoms with Crippen molar-refractivity contribution >= 4 is 35.3 Å². The second kappa shape index (κ2) is 10.4. The highest BCUT2D eigenvalue weighted by Crippen LogP contribution is 2.46. The van der Waals surface area contributed by atoms with Crippen molar-refractivity contribution in [2.45, 2.75) is 44.4 Å². The highest BCUT2D eigenvalue weighted by molar-refractivity contribution is 6.39. The molecule has 4 heterocycles. The maximum atomic E-state index is 13.3. The van der Waals surface area contributed by atoms with Gasteiger partial charge in [0.25, 0.3) is 0 Å². The third kappa shape index (κ3) is 5.06. The number of nitrogens with zero attached hydrogens (tertiary/aromatic N) is 3. The molecule has 1 N–H and O–H groups in total. The van der Waals surface area contributed by atoms with Gasteiger partial charge in [-0.05, 0) is 25.0 Å². The van der Waals surface area contributed by atoms with Gasteiger partial charge >= 0.3 is 18.0 Å². The molecule has 0 aliphatic carbocycles. The summed E-state index contributed by atoms with van der Waals surface area (Å²) in [6, 6.07) is 11.2. The number of anilines is 1. The van der Waals surface area contributed by atoms with E-state index in [4.69, 9.17) is 9.47 Å². The topological polar surface area (TPSA) is 110 Å². The first-order valence-corrected chi connectivity index (χ1v) is 12.9. The molecule has 12 heteroatoms. The van der Waals surface area contributed by atoms with Crippen LogP contribution in [0.3, 0.4) is 0 Å². The van der Waals surface area contributed by atoms with Gasteiger partial charge in [0.1, 0.15) is 11.9 Å². The molecule has 0 radical (unpaired) electrons. The van der Waals surface area contributed by atoms with Crippen molar-refractivity contribution in [3.63, 3.8) is 0 Å². The summed E-state index contributed by atoms with van der Waals surface area (Å²) >= 11 is 0. The van der Waals surface area contributed by atoms with E-state index >= 15 is 0 Å². The molecule has 210 valence electrons. The minimum Gasteiger partial charge on any atom is -0.488 e. The van der Waals surface area contributed by atoms with Crippen molar-refractivity contribution in [1.29, 1.82) is 0 Å². The summed E-state index contributed by atoms with van der Waals surface area (Å²) in [5, 5.41) is 2.61. The fourth-order valence-corrected chi connectivity index (χ4v) is 5.37. The van der Waals surface area contributed by atoms with Gasteiger partial charge in [0.2, 0.25) is 5.78 Å². The molecule has 0 unspecified atom stereocenters. The molecule has 1 saturated heterocycles. The maximum absolute atomic E-state index is 13.3. The van der Waals surface area contributed by atoms with Gasteiger partial charge in [-0.15, -0.1) is 0 Å². The number of carbonyl (C=O) groups is 3. The van der Waals surface area contributed by atoms with Gasteiger partial charge in [0.05, 0.1) is 42.9 Å². The molecule has 0 saturated carbocycles. The van der Waals surface area contributed by atoms with Gasteiger partial charge in [-0.3, -0.25) is 14.4 Å². The number of benzene rings is 2. The lowest BCUT2D eigenvalue weighted by Gasteiger charge is -2.36. The number of pyridine rings is 1. The first kappa shape index (κ1) is 26.6. The number of aromatic nitrogens is 1. The Balaban J connectivity index is 1.20. The Labute approximate surface area is 232 Å². The van der Waals surface area contributed by atoms with E-state index in [2.05, 4.69) is 15.3 Å². The maximum Gasteiger partial charge on any atom is 0.416 e. The van der Waals surface area contributed by atoms with Crippen molar-refractivity contribution in [3.8, 4) is 5.75 Å². The zero-order valence-electron chi connectivity index (χ0n) is 21.5. The zero-order valence-corrected chi connectivity index (χ0v) is 21.5. The third-order valence-corrected chi connectivity index (χ3v) is 7.35. The van der Waals surface area contributed by atoms with Crippen LogP contribution in [0.25, 0.3) is 0 Å². The van der Waals surface area contributed by atoms with E-state index in [0.717, 1.165) is 12.1 Å². The van der Waals surface area contributed by atoms with Gasteiger partial charge in [0.15, 0.2) is 5.82 Å². The average Bonchev–Trinajstić information content (AvgIpc) is 3.61.